The average Bonchev–Trinajstić information content (AvgIpc) is 3.11. The van der Waals surface area contributed by atoms with Crippen molar-refractivity contribution in [1.29, 1.82) is 0 Å². The second-order valence-electron chi connectivity index (χ2n) is 6.61. The van der Waals surface area contributed by atoms with Crippen molar-refractivity contribution in [2.45, 2.75) is 19.0 Å². The van der Waals surface area contributed by atoms with Crippen LogP contribution in [0.4, 0.5) is 0 Å². The summed E-state index contributed by atoms with van der Waals surface area (Å²) in [4.78, 5) is 16.0. The minimum atomic E-state index is -0.337. The maximum absolute atomic E-state index is 12.6. The molecule has 1 aromatic heterocycles. The van der Waals surface area contributed by atoms with Gasteiger partial charge in [-0.15, -0.1) is 0 Å². The highest BCUT2D eigenvalue weighted by atomic mass is 16.5. The largest absolute Gasteiger partial charge is 0.497 e. The van der Waals surface area contributed by atoms with Crippen LogP contribution in [0.3, 0.4) is 0 Å². The molecule has 1 amide bonds. The number of aromatic nitrogens is 1. The lowest BCUT2D eigenvalue weighted by Crippen LogP contribution is -2.46. The Labute approximate surface area is 162 Å². The van der Waals surface area contributed by atoms with Gasteiger partial charge in [0.05, 0.1) is 26.5 Å². The number of carbonyl (C=O) groups is 1. The number of aromatic amines is 1. The Balaban J connectivity index is 1.46. The van der Waals surface area contributed by atoms with E-state index in [2.05, 4.69) is 33.0 Å². The third-order valence-corrected chi connectivity index (χ3v) is 4.97. The molecule has 2 aromatic carbocycles. The van der Waals surface area contributed by atoms with Crippen molar-refractivity contribution in [2.24, 2.45) is 5.10 Å². The van der Waals surface area contributed by atoms with Crippen molar-refractivity contribution in [1.82, 2.24) is 15.7 Å². The smallest absolute Gasteiger partial charge is 0.257 e. The van der Waals surface area contributed by atoms with Crippen LogP contribution < -0.4 is 20.2 Å². The summed E-state index contributed by atoms with van der Waals surface area (Å²) >= 11 is 0. The van der Waals surface area contributed by atoms with Gasteiger partial charge in [-0.25, -0.2) is 5.43 Å². The maximum atomic E-state index is 12.6. The summed E-state index contributed by atoms with van der Waals surface area (Å²) in [5.74, 6) is 1.17. The first-order chi connectivity index (χ1) is 13.7. The summed E-state index contributed by atoms with van der Waals surface area (Å²) in [7, 11) is 3.18. The van der Waals surface area contributed by atoms with E-state index < -0.39 is 0 Å². The van der Waals surface area contributed by atoms with Crippen molar-refractivity contribution in [3.05, 3.63) is 59.3 Å². The van der Waals surface area contributed by atoms with Crippen molar-refractivity contribution < 1.29 is 14.3 Å². The molecule has 2 heterocycles. The molecule has 3 aromatic rings. The van der Waals surface area contributed by atoms with Gasteiger partial charge in [-0.1, -0.05) is 18.2 Å². The van der Waals surface area contributed by atoms with Gasteiger partial charge in [0.15, 0.2) is 0 Å². The number of methoxy groups -OCH3 is 2. The third-order valence-electron chi connectivity index (χ3n) is 4.97. The Hall–Kier alpha value is -3.32. The molecular weight excluding hydrogens is 356 g/mol. The molecule has 0 radical (unpaired) electrons. The molecule has 7 nitrogen and oxygen atoms in total. The molecule has 4 rings (SSSR count). The number of hydrogen-bond acceptors (Lipinski definition) is 5. The topological polar surface area (TPSA) is 87.7 Å². The fraction of sp³-hybridized carbons (Fsp3) is 0.238. The monoisotopic (exact) mass is 378 g/mol. The normalized spacial score (nSPS) is 16.1. The molecule has 28 heavy (non-hydrogen) atoms. The fourth-order valence-corrected chi connectivity index (χ4v) is 3.51. The van der Waals surface area contributed by atoms with E-state index in [9.17, 15) is 4.79 Å². The van der Waals surface area contributed by atoms with E-state index in [4.69, 9.17) is 9.47 Å². The molecule has 1 atom stereocenters. The lowest BCUT2D eigenvalue weighted by Gasteiger charge is -2.22. The number of rotatable bonds is 5. The number of H-pyrrole nitrogens is 1. The standard InChI is InChI=1S/C21H22N4O3/c1-27-14-7-8-20(28-2)13(9-14)11-23-25-21(26)18-10-16-15-5-3-4-6-17(15)24-19(16)12-22-18/h3-9,11,18,22,24H,10,12H2,1-2H3,(H,25,26)/t18-/m0/s1. The molecule has 0 fully saturated rings. The number of benzene rings is 2. The molecule has 1 aliphatic heterocycles. The fourth-order valence-electron chi connectivity index (χ4n) is 3.51. The number of nitrogens with zero attached hydrogens (tertiary/aromatic N) is 1. The predicted molar refractivity (Wildman–Crippen MR) is 108 cm³/mol. The summed E-state index contributed by atoms with van der Waals surface area (Å²) in [6.07, 6.45) is 2.17. The highest BCUT2D eigenvalue weighted by molar-refractivity contribution is 5.89. The number of ether oxygens (including phenoxy) is 2. The Kier molecular flexibility index (Phi) is 4.99. The van der Waals surface area contributed by atoms with Crippen LogP contribution in [0, 0.1) is 0 Å². The average molecular weight is 378 g/mol. The van der Waals surface area contributed by atoms with Gasteiger partial charge in [0.25, 0.3) is 5.91 Å². The van der Waals surface area contributed by atoms with Crippen molar-refractivity contribution in [3.8, 4) is 11.5 Å². The van der Waals surface area contributed by atoms with Crippen LogP contribution in [0.15, 0.2) is 47.6 Å². The summed E-state index contributed by atoms with van der Waals surface area (Å²) in [6.45, 7) is 0.621. The first-order valence-electron chi connectivity index (χ1n) is 9.06. The quantitative estimate of drug-likeness (QED) is 0.470. The number of carbonyl (C=O) groups excluding carboxylic acids is 1. The van der Waals surface area contributed by atoms with E-state index in [-0.39, 0.29) is 11.9 Å². The molecule has 7 heteroatoms. The molecule has 0 saturated heterocycles. The zero-order chi connectivity index (χ0) is 19.5. The van der Waals surface area contributed by atoms with Crippen LogP contribution in [0.2, 0.25) is 0 Å². The van der Waals surface area contributed by atoms with Crippen molar-refractivity contribution in [2.75, 3.05) is 14.2 Å². The number of nitrogens with one attached hydrogen (secondary N) is 3. The Morgan fingerprint density at radius 1 is 1.21 bits per heavy atom. The number of amides is 1. The Bertz CT molecular complexity index is 1040. The number of para-hydroxylation sites is 1. The van der Waals surface area contributed by atoms with E-state index in [1.54, 1.807) is 38.6 Å². The SMILES string of the molecule is COc1ccc(OC)c(C=NNC(=O)[C@@H]2Cc3c([nH]c4ccccc34)CN2)c1. The van der Waals surface area contributed by atoms with Gasteiger partial charge in [0.1, 0.15) is 11.5 Å². The molecule has 0 bridgehead atoms. The third kappa shape index (κ3) is 3.44. The second kappa shape index (κ2) is 7.74. The van der Waals surface area contributed by atoms with E-state index in [1.807, 2.05) is 12.1 Å². The van der Waals surface area contributed by atoms with Crippen LogP contribution in [-0.2, 0) is 17.8 Å². The molecule has 0 aliphatic carbocycles. The Morgan fingerprint density at radius 3 is 2.89 bits per heavy atom. The van der Waals surface area contributed by atoms with Crippen LogP contribution in [0.5, 0.6) is 11.5 Å². The maximum Gasteiger partial charge on any atom is 0.257 e. The molecule has 3 N–H and O–H groups in total. The Morgan fingerprint density at radius 2 is 2.07 bits per heavy atom. The minimum Gasteiger partial charge on any atom is -0.497 e. The molecule has 0 unspecified atom stereocenters. The van der Waals surface area contributed by atoms with Gasteiger partial charge in [-0.2, -0.15) is 5.10 Å². The summed E-state index contributed by atoms with van der Waals surface area (Å²) in [5.41, 5.74) is 6.76. The molecule has 0 spiro atoms. The van der Waals surface area contributed by atoms with Gasteiger partial charge in [-0.3, -0.25) is 10.1 Å². The van der Waals surface area contributed by atoms with Crippen LogP contribution in [0.25, 0.3) is 10.9 Å². The van der Waals surface area contributed by atoms with Gasteiger partial charge in [-0.05, 0) is 36.2 Å². The molecular formula is C21H22N4O3. The molecule has 1 aliphatic rings. The van der Waals surface area contributed by atoms with E-state index in [0.29, 0.717) is 24.5 Å². The highest BCUT2D eigenvalue weighted by Gasteiger charge is 2.26. The van der Waals surface area contributed by atoms with E-state index >= 15 is 0 Å². The van der Waals surface area contributed by atoms with Crippen LogP contribution in [-0.4, -0.2) is 37.4 Å². The molecule has 144 valence electrons. The number of fused-ring (bicyclic) bond motifs is 3. The van der Waals surface area contributed by atoms with Gasteiger partial charge < -0.3 is 14.5 Å². The van der Waals surface area contributed by atoms with E-state index in [0.717, 1.165) is 16.8 Å². The summed E-state index contributed by atoms with van der Waals surface area (Å²) in [6, 6.07) is 13.2. The molecule has 0 saturated carbocycles. The number of hydrazone groups is 1. The van der Waals surface area contributed by atoms with Crippen molar-refractivity contribution in [3.63, 3.8) is 0 Å². The zero-order valence-corrected chi connectivity index (χ0v) is 15.8. The highest BCUT2D eigenvalue weighted by Crippen LogP contribution is 2.26. The summed E-state index contributed by atoms with van der Waals surface area (Å²) in [5, 5.41) is 8.53. The second-order valence-corrected chi connectivity index (χ2v) is 6.61. The first kappa shape index (κ1) is 18.1. The van der Waals surface area contributed by atoms with Crippen LogP contribution >= 0.6 is 0 Å². The van der Waals surface area contributed by atoms with Gasteiger partial charge in [0.2, 0.25) is 0 Å². The zero-order valence-electron chi connectivity index (χ0n) is 15.8. The van der Waals surface area contributed by atoms with Gasteiger partial charge in [0, 0.05) is 28.7 Å². The predicted octanol–water partition coefficient (Wildman–Crippen LogP) is 2.35. The van der Waals surface area contributed by atoms with E-state index in [1.165, 1.54) is 10.9 Å². The van der Waals surface area contributed by atoms with Crippen LogP contribution in [0.1, 0.15) is 16.8 Å². The number of hydrogen-bond donors (Lipinski definition) is 3. The summed E-state index contributed by atoms with van der Waals surface area (Å²) < 4.78 is 10.5. The lowest BCUT2D eigenvalue weighted by atomic mass is 9.98. The van der Waals surface area contributed by atoms with Crippen molar-refractivity contribution >= 4 is 23.0 Å². The first-order valence-corrected chi connectivity index (χ1v) is 9.06. The van der Waals surface area contributed by atoms with Gasteiger partial charge >= 0.3 is 0 Å². The lowest BCUT2D eigenvalue weighted by molar-refractivity contribution is -0.123. The minimum absolute atomic E-state index is 0.172.